The predicted molar refractivity (Wildman–Crippen MR) is 117 cm³/mol. The van der Waals surface area contributed by atoms with Gasteiger partial charge in [-0.3, -0.25) is 9.98 Å². The fourth-order valence-electron chi connectivity index (χ4n) is 3.19. The maximum absolute atomic E-state index is 13.1. The number of nitrogens with one attached hydrogen (secondary N) is 4. The molecule has 0 amide bonds. The minimum Gasteiger partial charge on any atom is -0.370 e. The van der Waals surface area contributed by atoms with Crippen molar-refractivity contribution in [1.82, 2.24) is 25.2 Å². The van der Waals surface area contributed by atoms with Crippen LogP contribution < -0.4 is 22.1 Å². The highest BCUT2D eigenvalue weighted by Gasteiger charge is 2.13. The van der Waals surface area contributed by atoms with E-state index in [-0.39, 0.29) is 23.6 Å². The second-order valence-electron chi connectivity index (χ2n) is 7.39. The van der Waals surface area contributed by atoms with Crippen molar-refractivity contribution in [3.8, 4) is 0 Å². The van der Waals surface area contributed by atoms with E-state index in [9.17, 15) is 9.18 Å². The number of hydrogen-bond acceptors (Lipinski definition) is 5. The van der Waals surface area contributed by atoms with E-state index in [2.05, 4.69) is 20.6 Å². The van der Waals surface area contributed by atoms with Crippen molar-refractivity contribution >= 4 is 17.0 Å². The molecule has 0 radical (unpaired) electrons. The molecule has 0 spiro atoms. The molecule has 1 unspecified atom stereocenters. The average Bonchev–Trinajstić information content (AvgIpc) is 3.08. The molecule has 0 bridgehead atoms. The van der Waals surface area contributed by atoms with Crippen LogP contribution in [0.25, 0.3) is 11.0 Å². The van der Waals surface area contributed by atoms with Gasteiger partial charge in [-0.05, 0) is 43.7 Å². The van der Waals surface area contributed by atoms with Crippen molar-refractivity contribution in [2.75, 3.05) is 19.6 Å². The van der Waals surface area contributed by atoms with E-state index in [1.165, 1.54) is 12.1 Å². The number of nitrogens with zero attached hydrogens (tertiary/aromatic N) is 2. The van der Waals surface area contributed by atoms with Gasteiger partial charge in [-0.2, -0.15) is 4.98 Å². The van der Waals surface area contributed by atoms with Gasteiger partial charge in [0.2, 0.25) is 0 Å². The molecular weight excluding hydrogens is 401 g/mol. The highest BCUT2D eigenvalue weighted by molar-refractivity contribution is 5.75. The molecule has 0 fully saturated rings. The zero-order valence-electron chi connectivity index (χ0n) is 17.5. The Morgan fingerprint density at radius 2 is 2.13 bits per heavy atom. The van der Waals surface area contributed by atoms with Gasteiger partial charge < -0.3 is 26.1 Å². The summed E-state index contributed by atoms with van der Waals surface area (Å²) in [4.78, 5) is 19.6. The van der Waals surface area contributed by atoms with E-state index in [0.29, 0.717) is 38.4 Å². The van der Waals surface area contributed by atoms with E-state index in [1.54, 1.807) is 22.9 Å². The Kier molecular flexibility index (Phi) is 7.74. The number of ether oxygens (including phenoxy) is 1. The summed E-state index contributed by atoms with van der Waals surface area (Å²) in [6, 6.07) is 8.08. The molecule has 1 aromatic carbocycles. The van der Waals surface area contributed by atoms with Gasteiger partial charge in [-0.25, -0.2) is 9.18 Å². The summed E-state index contributed by atoms with van der Waals surface area (Å²) in [6.45, 7) is 4.34. The molecule has 2 aromatic heterocycles. The Morgan fingerprint density at radius 1 is 1.35 bits per heavy atom. The summed E-state index contributed by atoms with van der Waals surface area (Å²) in [5.74, 6) is -0.350. The molecule has 3 aromatic rings. The lowest BCUT2D eigenvalue weighted by atomic mass is 10.2. The summed E-state index contributed by atoms with van der Waals surface area (Å²) in [5.41, 5.74) is 7.27. The lowest BCUT2D eigenvalue weighted by Crippen LogP contribution is -2.37. The number of hydrogen-bond donors (Lipinski definition) is 5. The Bertz CT molecular complexity index is 1060. The van der Waals surface area contributed by atoms with Crippen LogP contribution in [0, 0.1) is 18.2 Å². The van der Waals surface area contributed by atoms with Crippen molar-refractivity contribution < 1.29 is 9.13 Å². The number of nitrogens with two attached hydrogens (primary N) is 1. The van der Waals surface area contributed by atoms with Gasteiger partial charge in [-0.15, -0.1) is 0 Å². The number of aryl methyl sites for hydroxylation is 1. The first-order chi connectivity index (χ1) is 14.9. The maximum atomic E-state index is 13.1. The van der Waals surface area contributed by atoms with Gasteiger partial charge in [0.25, 0.3) is 0 Å². The zero-order valence-corrected chi connectivity index (χ0v) is 17.5. The zero-order chi connectivity index (χ0) is 22.2. The van der Waals surface area contributed by atoms with Crippen LogP contribution in [0.5, 0.6) is 0 Å². The molecule has 31 heavy (non-hydrogen) atoms. The van der Waals surface area contributed by atoms with Gasteiger partial charge in [-0.1, -0.05) is 12.1 Å². The highest BCUT2D eigenvalue weighted by atomic mass is 19.1. The van der Waals surface area contributed by atoms with Crippen molar-refractivity contribution in [3.05, 3.63) is 64.1 Å². The minimum absolute atomic E-state index is 0.0530. The number of benzene rings is 1. The van der Waals surface area contributed by atoms with Crippen LogP contribution in [0.1, 0.15) is 17.7 Å². The summed E-state index contributed by atoms with van der Waals surface area (Å²) >= 11 is 0. The third-order valence-electron chi connectivity index (χ3n) is 4.73. The van der Waals surface area contributed by atoms with Crippen LogP contribution in [0.3, 0.4) is 0 Å². The van der Waals surface area contributed by atoms with Crippen molar-refractivity contribution in [2.24, 2.45) is 5.73 Å². The molecule has 6 N–H and O–H groups in total. The van der Waals surface area contributed by atoms with E-state index >= 15 is 0 Å². The van der Waals surface area contributed by atoms with E-state index < -0.39 is 0 Å². The normalized spacial score (nSPS) is 12.2. The molecule has 0 aliphatic heterocycles. The van der Waals surface area contributed by atoms with Crippen LogP contribution in [-0.2, 0) is 17.9 Å². The number of aromatic nitrogens is 3. The topological polar surface area (TPSA) is 134 Å². The molecule has 0 aliphatic rings. The molecule has 0 aliphatic carbocycles. The number of guanidine groups is 1. The second kappa shape index (κ2) is 10.7. The Labute approximate surface area is 179 Å². The highest BCUT2D eigenvalue weighted by Crippen LogP contribution is 2.11. The first-order valence-corrected chi connectivity index (χ1v) is 10.1. The first kappa shape index (κ1) is 22.4. The van der Waals surface area contributed by atoms with Crippen LogP contribution in [0.2, 0.25) is 0 Å². The average molecular weight is 430 g/mol. The third kappa shape index (κ3) is 6.90. The van der Waals surface area contributed by atoms with Gasteiger partial charge in [0, 0.05) is 30.4 Å². The molecule has 9 nitrogen and oxygen atoms in total. The molecule has 166 valence electrons. The van der Waals surface area contributed by atoms with Crippen molar-refractivity contribution in [3.63, 3.8) is 0 Å². The SMILES string of the molecule is Cc1cc2cn(CC(CNCCCNC(=N)N)OCc3ccc(F)cc3)c(=O)nc2[nH]1. The monoisotopic (exact) mass is 429 g/mol. The number of aromatic amines is 1. The fourth-order valence-corrected chi connectivity index (χ4v) is 3.19. The molecular formula is C21H28FN7O2. The quantitative estimate of drug-likeness (QED) is 0.177. The smallest absolute Gasteiger partial charge is 0.349 e. The molecule has 2 heterocycles. The van der Waals surface area contributed by atoms with E-state index in [1.807, 2.05) is 13.0 Å². The first-order valence-electron chi connectivity index (χ1n) is 10.1. The van der Waals surface area contributed by atoms with Gasteiger partial charge in [0.1, 0.15) is 11.5 Å². The largest absolute Gasteiger partial charge is 0.370 e. The van der Waals surface area contributed by atoms with E-state index in [4.69, 9.17) is 15.9 Å². The Hall–Kier alpha value is -3.24. The maximum Gasteiger partial charge on any atom is 0.349 e. The molecule has 0 saturated carbocycles. The van der Waals surface area contributed by atoms with Gasteiger partial charge in [0.15, 0.2) is 5.96 Å². The number of halogens is 1. The lowest BCUT2D eigenvalue weighted by Gasteiger charge is -2.20. The molecule has 10 heteroatoms. The number of H-pyrrole nitrogens is 1. The van der Waals surface area contributed by atoms with Gasteiger partial charge in [0.05, 0.1) is 19.3 Å². The number of fused-ring (bicyclic) bond motifs is 1. The minimum atomic E-state index is -0.351. The fraction of sp³-hybridized carbons (Fsp3) is 0.381. The van der Waals surface area contributed by atoms with Crippen molar-refractivity contribution in [2.45, 2.75) is 32.6 Å². The van der Waals surface area contributed by atoms with Gasteiger partial charge >= 0.3 is 5.69 Å². The van der Waals surface area contributed by atoms with Crippen LogP contribution in [-0.4, -0.2) is 46.2 Å². The predicted octanol–water partition coefficient (Wildman–Crippen LogP) is 1.22. The third-order valence-corrected chi connectivity index (χ3v) is 4.73. The van der Waals surface area contributed by atoms with Crippen molar-refractivity contribution in [1.29, 1.82) is 5.41 Å². The Balaban J connectivity index is 1.64. The molecule has 3 rings (SSSR count). The second-order valence-corrected chi connectivity index (χ2v) is 7.39. The standard InChI is InChI=1S/C21H28FN7O2/c1-14-9-16-11-29(21(30)28-19(16)27-14)12-18(10-25-7-2-8-26-20(23)24)31-13-15-3-5-17(22)6-4-15/h3-6,9,11,18,25H,2,7-8,10,12-13H2,1H3,(H4,23,24,26)(H,27,28,30). The summed E-state index contributed by atoms with van der Waals surface area (Å²) in [6.07, 6.45) is 2.25. The summed E-state index contributed by atoms with van der Waals surface area (Å²) < 4.78 is 20.7. The van der Waals surface area contributed by atoms with E-state index in [0.717, 1.165) is 23.1 Å². The number of rotatable bonds is 11. The summed E-state index contributed by atoms with van der Waals surface area (Å²) in [5, 5.41) is 14.1. The summed E-state index contributed by atoms with van der Waals surface area (Å²) in [7, 11) is 0. The molecule has 0 saturated heterocycles. The molecule has 1 atom stereocenters. The Morgan fingerprint density at radius 3 is 2.87 bits per heavy atom. The lowest BCUT2D eigenvalue weighted by molar-refractivity contribution is 0.0289. The van der Waals surface area contributed by atoms with Crippen LogP contribution in [0.15, 0.2) is 41.3 Å². The van der Waals surface area contributed by atoms with Crippen LogP contribution >= 0.6 is 0 Å². The van der Waals surface area contributed by atoms with Crippen LogP contribution in [0.4, 0.5) is 4.39 Å².